The zero-order valence-electron chi connectivity index (χ0n) is 26.2. The summed E-state index contributed by atoms with van der Waals surface area (Å²) in [6, 6.07) is 33.0. The van der Waals surface area contributed by atoms with Gasteiger partial charge in [0.2, 0.25) is 0 Å². The SMILES string of the molecule is C=C1/C=C\C=C/CC(C)(C)c2c3c(c4c5ccccc5n(-c5ccc6oc7ccccc7c6c5)c4c21)-c1ccccc1C3(C)C. The van der Waals surface area contributed by atoms with Crippen molar-refractivity contribution < 1.29 is 4.42 Å². The number of furan rings is 1. The van der Waals surface area contributed by atoms with Crippen LogP contribution >= 0.6 is 0 Å². The van der Waals surface area contributed by atoms with E-state index in [4.69, 9.17) is 11.0 Å². The van der Waals surface area contributed by atoms with Crippen molar-refractivity contribution in [2.75, 3.05) is 0 Å². The molecular weight excluding hydrogens is 546 g/mol. The summed E-state index contributed by atoms with van der Waals surface area (Å²) >= 11 is 0. The Balaban J connectivity index is 1.55. The Kier molecular flexibility index (Phi) is 5.26. The molecule has 2 aliphatic rings. The molecule has 218 valence electrons. The zero-order chi connectivity index (χ0) is 30.7. The van der Waals surface area contributed by atoms with Crippen LogP contribution in [0.25, 0.3) is 66.1 Å². The zero-order valence-corrected chi connectivity index (χ0v) is 26.2. The predicted molar refractivity (Wildman–Crippen MR) is 191 cm³/mol. The first-order valence-corrected chi connectivity index (χ1v) is 16.0. The van der Waals surface area contributed by atoms with Gasteiger partial charge in [0, 0.05) is 38.2 Å². The molecule has 0 fully saturated rings. The van der Waals surface area contributed by atoms with Crippen molar-refractivity contribution in [1.29, 1.82) is 0 Å². The fraction of sp³-hybridized carbons (Fsp3) is 0.163. The Morgan fingerprint density at radius 2 is 1.44 bits per heavy atom. The Morgan fingerprint density at radius 1 is 0.711 bits per heavy atom. The lowest BCUT2D eigenvalue weighted by atomic mass is 9.68. The van der Waals surface area contributed by atoms with E-state index in [-0.39, 0.29) is 10.8 Å². The van der Waals surface area contributed by atoms with Crippen LogP contribution in [0.3, 0.4) is 0 Å². The van der Waals surface area contributed by atoms with Gasteiger partial charge in [0.05, 0.1) is 11.0 Å². The van der Waals surface area contributed by atoms with Crippen molar-refractivity contribution in [2.45, 2.75) is 44.9 Å². The van der Waals surface area contributed by atoms with E-state index in [0.717, 1.165) is 39.6 Å². The van der Waals surface area contributed by atoms with Crippen molar-refractivity contribution >= 4 is 49.3 Å². The summed E-state index contributed by atoms with van der Waals surface area (Å²) in [5.41, 5.74) is 14.3. The van der Waals surface area contributed by atoms with E-state index in [1.165, 1.54) is 55.2 Å². The topological polar surface area (TPSA) is 18.1 Å². The van der Waals surface area contributed by atoms with Crippen LogP contribution in [-0.4, -0.2) is 4.57 Å². The highest BCUT2D eigenvalue weighted by molar-refractivity contribution is 6.21. The van der Waals surface area contributed by atoms with Gasteiger partial charge in [-0.05, 0) is 75.6 Å². The molecule has 0 atom stereocenters. The molecule has 0 saturated carbocycles. The Bertz CT molecular complexity index is 2470. The van der Waals surface area contributed by atoms with Gasteiger partial charge in [-0.2, -0.15) is 0 Å². The third-order valence-electron chi connectivity index (χ3n) is 10.4. The molecule has 2 heteroatoms. The van der Waals surface area contributed by atoms with Crippen molar-refractivity contribution in [3.05, 3.63) is 144 Å². The summed E-state index contributed by atoms with van der Waals surface area (Å²) < 4.78 is 8.76. The molecule has 2 heterocycles. The van der Waals surface area contributed by atoms with Gasteiger partial charge in [-0.3, -0.25) is 0 Å². The van der Waals surface area contributed by atoms with E-state index in [9.17, 15) is 0 Å². The Labute approximate surface area is 263 Å². The number of aromatic nitrogens is 1. The van der Waals surface area contributed by atoms with Crippen LogP contribution in [0, 0.1) is 0 Å². The molecule has 0 bridgehead atoms. The number of rotatable bonds is 1. The summed E-state index contributed by atoms with van der Waals surface area (Å²) in [6.07, 6.45) is 9.80. The van der Waals surface area contributed by atoms with E-state index in [0.29, 0.717) is 0 Å². The molecule has 0 N–H and O–H groups in total. The van der Waals surface area contributed by atoms with Gasteiger partial charge < -0.3 is 8.98 Å². The van der Waals surface area contributed by atoms with E-state index in [2.05, 4.69) is 141 Å². The lowest BCUT2D eigenvalue weighted by molar-refractivity contribution is 0.513. The van der Waals surface area contributed by atoms with Crippen LogP contribution in [0.4, 0.5) is 0 Å². The summed E-state index contributed by atoms with van der Waals surface area (Å²) in [5.74, 6) is 0. The van der Waals surface area contributed by atoms with Gasteiger partial charge in [-0.25, -0.2) is 0 Å². The molecule has 0 amide bonds. The van der Waals surface area contributed by atoms with Crippen LogP contribution in [0.2, 0.25) is 0 Å². The maximum Gasteiger partial charge on any atom is 0.135 e. The van der Waals surface area contributed by atoms with Gasteiger partial charge in [0.15, 0.2) is 0 Å². The third kappa shape index (κ3) is 3.45. The largest absolute Gasteiger partial charge is 0.456 e. The number of fused-ring (bicyclic) bond motifs is 13. The van der Waals surface area contributed by atoms with Crippen molar-refractivity contribution in [3.8, 4) is 16.8 Å². The molecule has 7 aromatic rings. The summed E-state index contributed by atoms with van der Waals surface area (Å²) in [6.45, 7) is 14.4. The molecule has 0 aliphatic heterocycles. The standard InChI is InChI=1S/C43H35NO/c1-26-15-7-6-14-24-42(2,3)39-36(26)41-38(37-29-17-8-11-19-32(29)43(4,5)40(37)39)30-18-9-12-20-33(30)44(41)27-22-23-35-31(25-27)28-16-10-13-21-34(28)45-35/h6-23,25H,1,24H2,2-5H3/b14-6-,15-7-. The lowest BCUT2D eigenvalue weighted by Gasteiger charge is -2.35. The molecular formula is C43H35NO. The summed E-state index contributed by atoms with van der Waals surface area (Å²) in [4.78, 5) is 0. The maximum atomic E-state index is 6.26. The maximum absolute atomic E-state index is 6.26. The van der Waals surface area contributed by atoms with Crippen molar-refractivity contribution in [1.82, 2.24) is 4.57 Å². The fourth-order valence-electron chi connectivity index (χ4n) is 8.41. The highest BCUT2D eigenvalue weighted by Gasteiger charge is 2.44. The predicted octanol–water partition coefficient (Wildman–Crippen LogP) is 11.8. The lowest BCUT2D eigenvalue weighted by Crippen LogP contribution is -2.27. The Morgan fingerprint density at radius 3 is 2.31 bits per heavy atom. The van der Waals surface area contributed by atoms with Crippen LogP contribution < -0.4 is 0 Å². The quantitative estimate of drug-likeness (QED) is 0.189. The average molecular weight is 582 g/mol. The van der Waals surface area contributed by atoms with Gasteiger partial charge in [-0.15, -0.1) is 0 Å². The first-order chi connectivity index (χ1) is 21.8. The van der Waals surface area contributed by atoms with Gasteiger partial charge in [-0.1, -0.05) is 119 Å². The van der Waals surface area contributed by atoms with Crippen LogP contribution in [-0.2, 0) is 10.8 Å². The number of hydrogen-bond acceptors (Lipinski definition) is 1. The summed E-state index contributed by atoms with van der Waals surface area (Å²) in [7, 11) is 0. The highest BCUT2D eigenvalue weighted by Crippen LogP contribution is 2.59. The molecule has 0 radical (unpaired) electrons. The smallest absolute Gasteiger partial charge is 0.135 e. The van der Waals surface area contributed by atoms with E-state index in [1.54, 1.807) is 0 Å². The minimum Gasteiger partial charge on any atom is -0.456 e. The normalized spacial score (nSPS) is 18.0. The minimum atomic E-state index is -0.166. The molecule has 2 nitrogen and oxygen atoms in total. The minimum absolute atomic E-state index is 0.135. The first-order valence-electron chi connectivity index (χ1n) is 16.0. The number of nitrogens with zero attached hydrogens (tertiary/aromatic N) is 1. The molecule has 2 aromatic heterocycles. The second-order valence-electron chi connectivity index (χ2n) is 13.9. The monoisotopic (exact) mass is 581 g/mol. The number of benzene rings is 5. The van der Waals surface area contributed by atoms with Gasteiger partial charge in [0.1, 0.15) is 11.2 Å². The molecule has 45 heavy (non-hydrogen) atoms. The van der Waals surface area contributed by atoms with Crippen LogP contribution in [0.1, 0.15) is 56.4 Å². The Hall–Kier alpha value is -5.08. The second kappa shape index (κ2) is 8.99. The highest BCUT2D eigenvalue weighted by atomic mass is 16.3. The van der Waals surface area contributed by atoms with Gasteiger partial charge in [0.25, 0.3) is 0 Å². The van der Waals surface area contributed by atoms with Crippen LogP contribution in [0.15, 0.2) is 126 Å². The van der Waals surface area contributed by atoms with Crippen molar-refractivity contribution in [2.24, 2.45) is 0 Å². The number of para-hydroxylation sites is 2. The third-order valence-corrected chi connectivity index (χ3v) is 10.4. The number of hydrogen-bond donors (Lipinski definition) is 0. The molecule has 0 spiro atoms. The van der Waals surface area contributed by atoms with Gasteiger partial charge >= 0.3 is 0 Å². The van der Waals surface area contributed by atoms with E-state index >= 15 is 0 Å². The van der Waals surface area contributed by atoms with Crippen molar-refractivity contribution in [3.63, 3.8) is 0 Å². The van der Waals surface area contributed by atoms with E-state index < -0.39 is 0 Å². The first kappa shape index (κ1) is 26.3. The van der Waals surface area contributed by atoms with E-state index in [1.807, 2.05) is 6.07 Å². The molecule has 2 aliphatic carbocycles. The van der Waals surface area contributed by atoms with Crippen LogP contribution in [0.5, 0.6) is 0 Å². The molecule has 0 saturated heterocycles. The molecule has 0 unspecified atom stereocenters. The average Bonchev–Trinajstić information content (AvgIpc) is 3.66. The molecule has 5 aromatic carbocycles. The second-order valence-corrected chi connectivity index (χ2v) is 13.9. The molecule has 9 rings (SSSR count). The number of allylic oxidation sites excluding steroid dienone is 5. The summed E-state index contributed by atoms with van der Waals surface area (Å²) in [5, 5.41) is 4.85. The fourth-order valence-corrected chi connectivity index (χ4v) is 8.41.